The summed E-state index contributed by atoms with van der Waals surface area (Å²) >= 11 is -0.0789. The van der Waals surface area contributed by atoms with Crippen molar-refractivity contribution in [1.29, 1.82) is 0 Å². The van der Waals surface area contributed by atoms with Gasteiger partial charge in [0, 0.05) is 0 Å². The number of nitrogens with zero attached hydrogens (tertiary/aromatic N) is 2. The van der Waals surface area contributed by atoms with E-state index < -0.39 is 12.2 Å². The molecule has 0 saturated carbocycles. The molecular formula is C16H14N2O2Se. The van der Waals surface area contributed by atoms with Crippen LogP contribution in [0.1, 0.15) is 32.2 Å². The topological polar surface area (TPSA) is 66.2 Å². The Morgan fingerprint density at radius 2 is 1.24 bits per heavy atom. The molecule has 3 aromatic heterocycles. The third-order valence-electron chi connectivity index (χ3n) is 3.19. The zero-order valence-electron chi connectivity index (χ0n) is 11.1. The van der Waals surface area contributed by atoms with Gasteiger partial charge in [-0.15, -0.1) is 0 Å². The molecule has 2 atom stereocenters. The van der Waals surface area contributed by atoms with Crippen LogP contribution >= 0.6 is 0 Å². The zero-order chi connectivity index (χ0) is 14.7. The molecule has 0 spiro atoms. The van der Waals surface area contributed by atoms with Crippen molar-refractivity contribution in [3.63, 3.8) is 0 Å². The van der Waals surface area contributed by atoms with E-state index in [1.807, 2.05) is 24.3 Å². The monoisotopic (exact) mass is 346 g/mol. The molecule has 0 aromatic carbocycles. The molecular weight excluding hydrogens is 331 g/mol. The third-order valence-corrected chi connectivity index (χ3v) is 5.68. The fourth-order valence-electron chi connectivity index (χ4n) is 2.07. The van der Waals surface area contributed by atoms with E-state index >= 15 is 0 Å². The van der Waals surface area contributed by atoms with Crippen LogP contribution in [0.5, 0.6) is 0 Å². The summed E-state index contributed by atoms with van der Waals surface area (Å²) in [5, 5.41) is 20.7. The van der Waals surface area contributed by atoms with Gasteiger partial charge in [0.25, 0.3) is 0 Å². The Kier molecular flexibility index (Phi) is 4.27. The minimum atomic E-state index is -0.659. The number of pyridine rings is 2. The molecule has 0 aliphatic heterocycles. The number of hydrogen-bond donors (Lipinski definition) is 2. The predicted octanol–water partition coefficient (Wildman–Crippen LogP) is 1.70. The van der Waals surface area contributed by atoms with Crippen molar-refractivity contribution in [2.45, 2.75) is 12.2 Å². The van der Waals surface area contributed by atoms with E-state index in [9.17, 15) is 10.2 Å². The van der Waals surface area contributed by atoms with Gasteiger partial charge in [0.15, 0.2) is 0 Å². The molecule has 0 aliphatic rings. The van der Waals surface area contributed by atoms with Crippen molar-refractivity contribution in [3.8, 4) is 0 Å². The minimum absolute atomic E-state index is 0.0789. The van der Waals surface area contributed by atoms with E-state index in [0.29, 0.717) is 0 Å². The Bertz CT molecular complexity index is 641. The van der Waals surface area contributed by atoms with Crippen molar-refractivity contribution < 1.29 is 10.2 Å². The average molecular weight is 345 g/mol. The maximum absolute atomic E-state index is 10.4. The van der Waals surface area contributed by atoms with Crippen LogP contribution in [-0.2, 0) is 0 Å². The summed E-state index contributed by atoms with van der Waals surface area (Å²) in [7, 11) is 0. The van der Waals surface area contributed by atoms with Crippen LogP contribution in [-0.4, -0.2) is 34.7 Å². The van der Waals surface area contributed by atoms with Crippen molar-refractivity contribution >= 4 is 14.5 Å². The number of aliphatic hydroxyl groups is 2. The van der Waals surface area contributed by atoms with Gasteiger partial charge in [0.1, 0.15) is 0 Å². The van der Waals surface area contributed by atoms with Gasteiger partial charge in [0.2, 0.25) is 0 Å². The Hall–Kier alpha value is -1.78. The Morgan fingerprint density at radius 1 is 0.762 bits per heavy atom. The Morgan fingerprint density at radius 3 is 1.62 bits per heavy atom. The Labute approximate surface area is 128 Å². The second-order valence-electron chi connectivity index (χ2n) is 4.62. The number of aromatic nitrogens is 2. The summed E-state index contributed by atoms with van der Waals surface area (Å²) in [5.74, 6) is 0. The molecule has 0 saturated heterocycles. The van der Waals surface area contributed by atoms with Crippen molar-refractivity contribution in [2.75, 3.05) is 0 Å². The van der Waals surface area contributed by atoms with Gasteiger partial charge in [-0.25, -0.2) is 0 Å². The molecule has 0 amide bonds. The van der Waals surface area contributed by atoms with Crippen LogP contribution in [0.4, 0.5) is 0 Å². The van der Waals surface area contributed by atoms with Gasteiger partial charge in [0.05, 0.1) is 0 Å². The Balaban J connectivity index is 1.84. The summed E-state index contributed by atoms with van der Waals surface area (Å²) in [6, 6.07) is 11.1. The van der Waals surface area contributed by atoms with Gasteiger partial charge in [-0.3, -0.25) is 0 Å². The van der Waals surface area contributed by atoms with Crippen molar-refractivity contribution in [2.24, 2.45) is 0 Å². The molecule has 3 rings (SSSR count). The summed E-state index contributed by atoms with van der Waals surface area (Å²) in [6.07, 6.45) is 5.37. The van der Waals surface area contributed by atoms with Gasteiger partial charge < -0.3 is 0 Å². The van der Waals surface area contributed by atoms with Crippen LogP contribution < -0.4 is 0 Å². The second-order valence-corrected chi connectivity index (χ2v) is 7.02. The fraction of sp³-hybridized carbons (Fsp3) is 0.125. The van der Waals surface area contributed by atoms with Crippen LogP contribution in [0.25, 0.3) is 0 Å². The molecule has 106 valence electrons. The first-order valence-corrected chi connectivity index (χ1v) is 8.22. The first-order chi connectivity index (χ1) is 10.3. The van der Waals surface area contributed by atoms with Crippen molar-refractivity contribution in [1.82, 2.24) is 9.97 Å². The van der Waals surface area contributed by atoms with E-state index in [0.717, 1.165) is 20.0 Å². The number of aliphatic hydroxyl groups excluding tert-OH is 2. The molecule has 2 unspecified atom stereocenters. The quantitative estimate of drug-likeness (QED) is 0.707. The SMILES string of the molecule is OC(c1cccnc1)c1ccc(C(O)c2cccnc2)[se]1. The summed E-state index contributed by atoms with van der Waals surface area (Å²) in [4.78, 5) is 8.05. The van der Waals surface area contributed by atoms with Crippen LogP contribution in [0.2, 0.25) is 0 Å². The van der Waals surface area contributed by atoms with E-state index in [1.165, 1.54) is 0 Å². The van der Waals surface area contributed by atoms with E-state index in [1.54, 1.807) is 36.9 Å². The first-order valence-electron chi connectivity index (χ1n) is 6.51. The number of rotatable bonds is 4. The predicted molar refractivity (Wildman–Crippen MR) is 80.0 cm³/mol. The number of hydrogen-bond acceptors (Lipinski definition) is 4. The van der Waals surface area contributed by atoms with Crippen LogP contribution in [0.3, 0.4) is 0 Å². The van der Waals surface area contributed by atoms with Gasteiger partial charge in [-0.2, -0.15) is 0 Å². The standard InChI is InChI=1S/C16H14N2O2Se/c19-15(11-3-1-7-17-9-11)13-5-6-14(21-13)16(20)12-4-2-8-18-10-12/h1-10,15-16,19-20H. The molecule has 4 nitrogen and oxygen atoms in total. The summed E-state index contributed by atoms with van der Waals surface area (Å²) < 4.78 is 1.85. The maximum atomic E-state index is 10.4. The van der Waals surface area contributed by atoms with Crippen molar-refractivity contribution in [3.05, 3.63) is 81.2 Å². The third kappa shape index (κ3) is 3.12. The van der Waals surface area contributed by atoms with E-state index in [-0.39, 0.29) is 14.5 Å². The first kappa shape index (κ1) is 14.2. The summed E-state index contributed by atoms with van der Waals surface area (Å²) in [6.45, 7) is 0. The molecule has 3 heterocycles. The molecule has 0 aliphatic carbocycles. The average Bonchev–Trinajstić information content (AvgIpc) is 3.05. The molecule has 2 N–H and O–H groups in total. The molecule has 21 heavy (non-hydrogen) atoms. The van der Waals surface area contributed by atoms with Gasteiger partial charge >= 0.3 is 128 Å². The van der Waals surface area contributed by atoms with E-state index in [4.69, 9.17) is 0 Å². The molecule has 0 fully saturated rings. The van der Waals surface area contributed by atoms with Gasteiger partial charge in [-0.05, 0) is 0 Å². The second kappa shape index (κ2) is 6.33. The van der Waals surface area contributed by atoms with Crippen LogP contribution in [0, 0.1) is 0 Å². The fourth-order valence-corrected chi connectivity index (χ4v) is 4.25. The zero-order valence-corrected chi connectivity index (χ0v) is 12.8. The normalized spacial score (nSPS) is 13.8. The molecule has 0 bridgehead atoms. The molecule has 3 aromatic rings. The molecule has 5 heteroatoms. The van der Waals surface area contributed by atoms with E-state index in [2.05, 4.69) is 9.97 Å². The van der Waals surface area contributed by atoms with Gasteiger partial charge in [-0.1, -0.05) is 0 Å². The van der Waals surface area contributed by atoms with Crippen LogP contribution in [0.15, 0.2) is 61.2 Å². The summed E-state index contributed by atoms with van der Waals surface area (Å²) in [5.41, 5.74) is 1.55. The molecule has 0 radical (unpaired) electrons.